The Hall–Kier alpha value is -3.47. The van der Waals surface area contributed by atoms with E-state index in [0.717, 1.165) is 41.2 Å². The minimum atomic E-state index is -0.771. The molecule has 1 aliphatic carbocycles. The number of fused-ring (bicyclic) bond motifs is 1. The van der Waals surface area contributed by atoms with Crippen molar-refractivity contribution in [3.63, 3.8) is 0 Å². The fourth-order valence-corrected chi connectivity index (χ4v) is 4.72. The van der Waals surface area contributed by atoms with Crippen LogP contribution in [0.15, 0.2) is 78.0 Å². The third kappa shape index (κ3) is 3.68. The number of carbonyl (C=O) groups is 1. The highest BCUT2D eigenvalue weighted by Gasteiger charge is 2.37. The minimum Gasteiger partial charge on any atom is -0.372 e. The molecule has 2 N–H and O–H groups in total. The normalized spacial score (nSPS) is 20.0. The van der Waals surface area contributed by atoms with E-state index in [4.69, 9.17) is 0 Å². The highest BCUT2D eigenvalue weighted by molar-refractivity contribution is 6.01. The first-order valence-electron chi connectivity index (χ1n) is 11.0. The van der Waals surface area contributed by atoms with Crippen LogP contribution in [-0.4, -0.2) is 5.78 Å². The number of benzene rings is 3. The first-order chi connectivity index (χ1) is 15.5. The molecule has 0 radical (unpaired) electrons. The lowest BCUT2D eigenvalue weighted by atomic mass is 9.78. The number of halogens is 2. The first-order valence-corrected chi connectivity index (χ1v) is 11.0. The fourth-order valence-electron chi connectivity index (χ4n) is 4.72. The zero-order chi connectivity index (χ0) is 22.2. The summed E-state index contributed by atoms with van der Waals surface area (Å²) in [5, 5.41) is 6.72. The number of nitrogens with one attached hydrogen (secondary N) is 2. The molecule has 2 aliphatic rings. The number of para-hydroxylation sites is 2. The van der Waals surface area contributed by atoms with Gasteiger partial charge in [-0.1, -0.05) is 43.3 Å². The highest BCUT2D eigenvalue weighted by Crippen LogP contribution is 2.44. The third-order valence-electron chi connectivity index (χ3n) is 6.44. The topological polar surface area (TPSA) is 41.1 Å². The lowest BCUT2D eigenvalue weighted by Gasteiger charge is -2.30. The van der Waals surface area contributed by atoms with E-state index in [-0.39, 0.29) is 17.3 Å². The molecule has 3 aromatic carbocycles. The van der Waals surface area contributed by atoms with E-state index in [1.54, 1.807) is 0 Å². The number of aryl methyl sites for hydroxylation is 1. The van der Waals surface area contributed by atoms with E-state index >= 15 is 0 Å². The number of allylic oxidation sites excluding steroid dienone is 1. The Balaban J connectivity index is 1.61. The van der Waals surface area contributed by atoms with Gasteiger partial charge in [-0.2, -0.15) is 0 Å². The van der Waals surface area contributed by atoms with E-state index in [2.05, 4.69) is 41.8 Å². The van der Waals surface area contributed by atoms with Gasteiger partial charge in [0.05, 0.1) is 17.4 Å². The summed E-state index contributed by atoms with van der Waals surface area (Å²) in [6, 6.07) is 18.6. The molecule has 3 aromatic rings. The molecule has 1 aliphatic heterocycles. The predicted octanol–water partition coefficient (Wildman–Crippen LogP) is 6.51. The van der Waals surface area contributed by atoms with Crippen molar-refractivity contribution in [2.75, 3.05) is 10.6 Å². The van der Waals surface area contributed by atoms with Crippen LogP contribution in [0.4, 0.5) is 20.2 Å². The number of rotatable bonds is 3. The van der Waals surface area contributed by atoms with Gasteiger partial charge in [0, 0.05) is 23.3 Å². The van der Waals surface area contributed by atoms with Gasteiger partial charge in [0.15, 0.2) is 5.78 Å². The molecule has 0 saturated heterocycles. The monoisotopic (exact) mass is 430 g/mol. The van der Waals surface area contributed by atoms with Gasteiger partial charge < -0.3 is 10.6 Å². The highest BCUT2D eigenvalue weighted by atomic mass is 19.1. The van der Waals surface area contributed by atoms with E-state index in [1.165, 1.54) is 11.6 Å². The summed E-state index contributed by atoms with van der Waals surface area (Å²) in [5.41, 5.74) is 5.30. The molecular formula is C27H24F2N2O. The second-order valence-electron chi connectivity index (χ2n) is 8.43. The molecule has 162 valence electrons. The molecule has 3 nitrogen and oxygen atoms in total. The molecule has 0 aromatic heterocycles. The number of hydrogen-bond donors (Lipinski definition) is 2. The summed E-state index contributed by atoms with van der Waals surface area (Å²) in [6.07, 6.45) is 1.91. The fraction of sp³-hybridized carbons (Fsp3) is 0.222. The van der Waals surface area contributed by atoms with Gasteiger partial charge in [-0.25, -0.2) is 8.78 Å². The van der Waals surface area contributed by atoms with Crippen molar-refractivity contribution in [1.82, 2.24) is 0 Å². The number of hydrogen-bond acceptors (Lipinski definition) is 3. The van der Waals surface area contributed by atoms with Gasteiger partial charge in [-0.05, 0) is 60.2 Å². The van der Waals surface area contributed by atoms with Crippen molar-refractivity contribution in [3.05, 3.63) is 106 Å². The smallest absolute Gasteiger partial charge is 0.163 e. The van der Waals surface area contributed by atoms with Crippen LogP contribution in [0.1, 0.15) is 48.4 Å². The Kier molecular flexibility index (Phi) is 5.25. The SMILES string of the molecule is CCc1ccc(C2CC(=O)C3=C(C2)Nc2ccccc2NC3c2cc(F)ccc2F)cc1. The van der Waals surface area contributed by atoms with Crippen LogP contribution < -0.4 is 10.6 Å². The van der Waals surface area contributed by atoms with Crippen LogP contribution in [0.5, 0.6) is 0 Å². The second-order valence-corrected chi connectivity index (χ2v) is 8.43. The van der Waals surface area contributed by atoms with Crippen LogP contribution in [-0.2, 0) is 11.2 Å². The lowest BCUT2D eigenvalue weighted by molar-refractivity contribution is -0.116. The van der Waals surface area contributed by atoms with Crippen molar-refractivity contribution >= 4 is 17.2 Å². The molecule has 5 rings (SSSR count). The Morgan fingerprint density at radius 1 is 0.938 bits per heavy atom. The van der Waals surface area contributed by atoms with Gasteiger partial charge in [0.1, 0.15) is 11.6 Å². The van der Waals surface area contributed by atoms with Crippen molar-refractivity contribution in [2.24, 2.45) is 0 Å². The summed E-state index contributed by atoms with van der Waals surface area (Å²) in [6.45, 7) is 2.11. The third-order valence-corrected chi connectivity index (χ3v) is 6.44. The molecule has 0 bridgehead atoms. The quantitative estimate of drug-likeness (QED) is 0.498. The van der Waals surface area contributed by atoms with E-state index in [1.807, 2.05) is 24.3 Å². The summed E-state index contributed by atoms with van der Waals surface area (Å²) in [7, 11) is 0. The second kappa shape index (κ2) is 8.23. The van der Waals surface area contributed by atoms with E-state index in [9.17, 15) is 13.6 Å². The lowest BCUT2D eigenvalue weighted by Crippen LogP contribution is -2.27. The standard InChI is InChI=1S/C27H24F2N2O/c1-2-16-7-9-17(10-8-16)18-13-24-26(25(32)14-18)27(20-15-19(28)11-12-21(20)29)31-23-6-4-3-5-22(23)30-24/h3-12,15,18,27,30-31H,2,13-14H2,1H3. The molecule has 5 heteroatoms. The van der Waals surface area contributed by atoms with Crippen LogP contribution in [0.25, 0.3) is 0 Å². The maximum absolute atomic E-state index is 14.8. The number of anilines is 2. The summed E-state index contributed by atoms with van der Waals surface area (Å²) in [4.78, 5) is 13.5. The summed E-state index contributed by atoms with van der Waals surface area (Å²) >= 11 is 0. The molecule has 0 fully saturated rings. The van der Waals surface area contributed by atoms with Gasteiger partial charge in [0.25, 0.3) is 0 Å². The van der Waals surface area contributed by atoms with E-state index < -0.39 is 17.7 Å². The van der Waals surface area contributed by atoms with Crippen molar-refractivity contribution < 1.29 is 13.6 Å². The van der Waals surface area contributed by atoms with Crippen LogP contribution in [0.2, 0.25) is 0 Å². The molecule has 0 saturated carbocycles. The Morgan fingerprint density at radius 3 is 2.44 bits per heavy atom. The number of Topliss-reactive ketones (excluding diaryl/α,β-unsaturated/α-hetero) is 1. The number of carbonyl (C=O) groups excluding carboxylic acids is 1. The van der Waals surface area contributed by atoms with Gasteiger partial charge in [-0.3, -0.25) is 4.79 Å². The molecule has 32 heavy (non-hydrogen) atoms. The molecule has 2 unspecified atom stereocenters. The maximum Gasteiger partial charge on any atom is 0.163 e. The van der Waals surface area contributed by atoms with Crippen LogP contribution in [0.3, 0.4) is 0 Å². The average Bonchev–Trinajstić information content (AvgIpc) is 2.97. The van der Waals surface area contributed by atoms with Crippen molar-refractivity contribution in [1.29, 1.82) is 0 Å². The molecule has 0 spiro atoms. The Bertz CT molecular complexity index is 1220. The Morgan fingerprint density at radius 2 is 1.69 bits per heavy atom. The first kappa shape index (κ1) is 20.4. The Labute approximate surface area is 186 Å². The molecular weight excluding hydrogens is 406 g/mol. The molecule has 1 heterocycles. The summed E-state index contributed by atoms with van der Waals surface area (Å²) < 4.78 is 28.9. The average molecular weight is 430 g/mol. The van der Waals surface area contributed by atoms with Gasteiger partial charge in [-0.15, -0.1) is 0 Å². The minimum absolute atomic E-state index is 0.0305. The largest absolute Gasteiger partial charge is 0.372 e. The van der Waals surface area contributed by atoms with E-state index in [0.29, 0.717) is 18.4 Å². The van der Waals surface area contributed by atoms with Crippen molar-refractivity contribution in [3.8, 4) is 0 Å². The molecule has 2 atom stereocenters. The maximum atomic E-state index is 14.8. The van der Waals surface area contributed by atoms with Gasteiger partial charge >= 0.3 is 0 Å². The molecule has 0 amide bonds. The van der Waals surface area contributed by atoms with Crippen molar-refractivity contribution in [2.45, 2.75) is 38.1 Å². The van der Waals surface area contributed by atoms with Crippen LogP contribution >= 0.6 is 0 Å². The van der Waals surface area contributed by atoms with Gasteiger partial charge in [0.2, 0.25) is 0 Å². The zero-order valence-corrected chi connectivity index (χ0v) is 17.8. The number of ketones is 1. The predicted molar refractivity (Wildman–Crippen MR) is 123 cm³/mol. The van der Waals surface area contributed by atoms with Crippen LogP contribution in [0, 0.1) is 11.6 Å². The summed E-state index contributed by atoms with van der Waals surface area (Å²) in [5.74, 6) is -1.10. The zero-order valence-electron chi connectivity index (χ0n) is 17.8.